The number of aryl methyl sites for hydroxylation is 1. The van der Waals surface area contributed by atoms with Crippen LogP contribution in [0.15, 0.2) is 18.3 Å². The average molecular weight is 315 g/mol. The Bertz CT molecular complexity index is 642. The summed E-state index contributed by atoms with van der Waals surface area (Å²) in [5.74, 6) is -0.709. The topological polar surface area (TPSA) is 80.0 Å². The number of carbonyl (C=O) groups is 1. The lowest BCUT2D eigenvalue weighted by molar-refractivity contribution is 0.0689. The number of hydrogen-bond acceptors (Lipinski definition) is 4. The van der Waals surface area contributed by atoms with Crippen LogP contribution < -0.4 is 5.32 Å². The fourth-order valence-electron chi connectivity index (χ4n) is 1.69. The number of nitrogens with zero attached hydrogens (tertiary/aromatic N) is 3. The maximum Gasteiger partial charge on any atom is 0.358 e. The first-order valence-electron chi connectivity index (χ1n) is 5.86. The maximum atomic E-state index is 11.0. The highest BCUT2D eigenvalue weighted by Crippen LogP contribution is 2.26. The number of anilines is 1. The van der Waals surface area contributed by atoms with E-state index < -0.39 is 5.97 Å². The Hall–Kier alpha value is -1.79. The Morgan fingerprint density at radius 1 is 1.50 bits per heavy atom. The highest BCUT2D eigenvalue weighted by Gasteiger charge is 2.20. The molecule has 0 unspecified atom stereocenters. The maximum absolute atomic E-state index is 11.0. The van der Waals surface area contributed by atoms with Gasteiger partial charge in [0.25, 0.3) is 0 Å². The van der Waals surface area contributed by atoms with E-state index in [9.17, 15) is 4.79 Å². The minimum atomic E-state index is -1.16. The lowest BCUT2D eigenvalue weighted by Gasteiger charge is -2.08. The van der Waals surface area contributed by atoms with E-state index in [0.717, 1.165) is 0 Å². The van der Waals surface area contributed by atoms with Crippen LogP contribution in [0.2, 0.25) is 10.0 Å². The number of aromatic nitrogens is 3. The normalized spacial score (nSPS) is 10.6. The fraction of sp³-hybridized carbons (Fsp3) is 0.250. The average Bonchev–Trinajstić information content (AvgIpc) is 2.73. The van der Waals surface area contributed by atoms with Crippen molar-refractivity contribution in [3.63, 3.8) is 0 Å². The molecule has 0 amide bonds. The van der Waals surface area contributed by atoms with E-state index in [0.29, 0.717) is 29.6 Å². The second-order valence-corrected chi connectivity index (χ2v) is 4.77. The zero-order valence-corrected chi connectivity index (χ0v) is 12.1. The van der Waals surface area contributed by atoms with Gasteiger partial charge in [0, 0.05) is 17.8 Å². The molecule has 0 bridgehead atoms. The lowest BCUT2D eigenvalue weighted by atomic mass is 10.3. The van der Waals surface area contributed by atoms with Gasteiger partial charge in [-0.2, -0.15) is 5.10 Å². The third kappa shape index (κ3) is 3.02. The molecule has 2 N–H and O–H groups in total. The van der Waals surface area contributed by atoms with Crippen LogP contribution in [0.3, 0.4) is 0 Å². The minimum Gasteiger partial charge on any atom is -0.476 e. The molecular weight excluding hydrogens is 303 g/mol. The van der Waals surface area contributed by atoms with Crippen molar-refractivity contribution in [2.24, 2.45) is 0 Å². The Balaban J connectivity index is 2.22. The van der Waals surface area contributed by atoms with Gasteiger partial charge in [-0.3, -0.25) is 4.98 Å². The Morgan fingerprint density at radius 3 is 2.85 bits per heavy atom. The smallest absolute Gasteiger partial charge is 0.358 e. The quantitative estimate of drug-likeness (QED) is 0.887. The largest absolute Gasteiger partial charge is 0.476 e. The summed E-state index contributed by atoms with van der Waals surface area (Å²) in [6.07, 6.45) is 1.60. The van der Waals surface area contributed by atoms with Gasteiger partial charge < -0.3 is 10.4 Å². The Morgan fingerprint density at radius 2 is 2.25 bits per heavy atom. The van der Waals surface area contributed by atoms with Gasteiger partial charge in [-0.25, -0.2) is 9.48 Å². The molecule has 2 aromatic heterocycles. The molecule has 0 fully saturated rings. The van der Waals surface area contributed by atoms with Crippen molar-refractivity contribution in [1.82, 2.24) is 14.8 Å². The molecule has 6 nitrogen and oxygen atoms in total. The van der Waals surface area contributed by atoms with E-state index in [1.165, 1.54) is 4.68 Å². The molecule has 2 aromatic rings. The third-order valence-electron chi connectivity index (χ3n) is 2.61. The Labute approximate surface area is 125 Å². The summed E-state index contributed by atoms with van der Waals surface area (Å²) in [5.41, 5.74) is 0.546. The van der Waals surface area contributed by atoms with E-state index >= 15 is 0 Å². The van der Waals surface area contributed by atoms with Crippen LogP contribution in [0.1, 0.15) is 23.1 Å². The third-order valence-corrected chi connectivity index (χ3v) is 3.21. The van der Waals surface area contributed by atoms with Crippen molar-refractivity contribution in [3.05, 3.63) is 39.8 Å². The molecule has 20 heavy (non-hydrogen) atoms. The molecule has 0 saturated heterocycles. The van der Waals surface area contributed by atoms with Crippen molar-refractivity contribution in [2.75, 3.05) is 5.32 Å². The zero-order chi connectivity index (χ0) is 14.7. The highest BCUT2D eigenvalue weighted by atomic mass is 35.5. The second kappa shape index (κ2) is 6.11. The predicted molar refractivity (Wildman–Crippen MR) is 76.4 cm³/mol. The number of halogens is 2. The van der Waals surface area contributed by atoms with Crippen molar-refractivity contribution in [3.8, 4) is 0 Å². The molecule has 8 heteroatoms. The van der Waals surface area contributed by atoms with Gasteiger partial charge in [0.05, 0.1) is 12.2 Å². The number of hydrogen-bond donors (Lipinski definition) is 2. The molecule has 0 aliphatic rings. The van der Waals surface area contributed by atoms with Crippen molar-refractivity contribution in [1.29, 1.82) is 0 Å². The van der Waals surface area contributed by atoms with Gasteiger partial charge in [0.1, 0.15) is 10.8 Å². The van der Waals surface area contributed by atoms with Crippen molar-refractivity contribution in [2.45, 2.75) is 20.0 Å². The van der Waals surface area contributed by atoms with Gasteiger partial charge in [-0.15, -0.1) is 0 Å². The number of carboxylic acids is 1. The van der Waals surface area contributed by atoms with Crippen LogP contribution in [0, 0.1) is 0 Å². The van der Waals surface area contributed by atoms with Crippen LogP contribution in [0.5, 0.6) is 0 Å². The number of nitrogens with one attached hydrogen (secondary N) is 1. The van der Waals surface area contributed by atoms with E-state index in [2.05, 4.69) is 15.4 Å². The molecule has 2 heterocycles. The van der Waals surface area contributed by atoms with E-state index in [1.54, 1.807) is 18.3 Å². The minimum absolute atomic E-state index is 0.0846. The van der Waals surface area contributed by atoms with Gasteiger partial charge in [-0.05, 0) is 19.1 Å². The van der Waals surface area contributed by atoms with Gasteiger partial charge in [0.2, 0.25) is 0 Å². The summed E-state index contributed by atoms with van der Waals surface area (Å²) < 4.78 is 1.50. The van der Waals surface area contributed by atoms with Gasteiger partial charge in [-0.1, -0.05) is 23.2 Å². The van der Waals surface area contributed by atoms with Crippen molar-refractivity contribution >= 4 is 35.0 Å². The molecule has 0 aliphatic heterocycles. The number of carboxylic acid groups (broad SMARTS) is 1. The van der Waals surface area contributed by atoms with Gasteiger partial charge >= 0.3 is 5.97 Å². The predicted octanol–water partition coefficient (Wildman–Crippen LogP) is 2.92. The summed E-state index contributed by atoms with van der Waals surface area (Å²) in [6, 6.07) is 3.39. The molecular formula is C12H12Cl2N4O2. The Kier molecular flexibility index (Phi) is 4.46. The summed E-state index contributed by atoms with van der Waals surface area (Å²) in [4.78, 5) is 15.1. The molecule has 0 spiro atoms. The summed E-state index contributed by atoms with van der Waals surface area (Å²) >= 11 is 11.9. The summed E-state index contributed by atoms with van der Waals surface area (Å²) in [5, 5.41) is 16.6. The SMILES string of the molecule is CCn1nc(C(=O)O)c(Cl)c1NCc1cc(Cl)ccn1. The number of rotatable bonds is 5. The first-order valence-corrected chi connectivity index (χ1v) is 6.62. The molecule has 106 valence electrons. The zero-order valence-electron chi connectivity index (χ0n) is 10.6. The fourth-order valence-corrected chi connectivity index (χ4v) is 2.16. The molecule has 0 aromatic carbocycles. The number of pyridine rings is 1. The molecule has 0 radical (unpaired) electrons. The summed E-state index contributed by atoms with van der Waals surface area (Å²) in [7, 11) is 0. The molecule has 0 atom stereocenters. The van der Waals surface area contributed by atoms with E-state index in [-0.39, 0.29) is 10.7 Å². The van der Waals surface area contributed by atoms with Crippen molar-refractivity contribution < 1.29 is 9.90 Å². The van der Waals surface area contributed by atoms with Crippen LogP contribution in [0.4, 0.5) is 5.82 Å². The number of aromatic carboxylic acids is 1. The standard InChI is InChI=1S/C12H12Cl2N4O2/c1-2-18-11(9(14)10(17-18)12(19)20)16-6-8-5-7(13)3-4-15-8/h3-5,16H,2,6H2,1H3,(H,19,20). The molecule has 2 rings (SSSR count). The van der Waals surface area contributed by atoms with Gasteiger partial charge in [0.15, 0.2) is 5.69 Å². The van der Waals surface area contributed by atoms with Crippen LogP contribution >= 0.6 is 23.2 Å². The lowest BCUT2D eigenvalue weighted by Crippen LogP contribution is -2.08. The van der Waals surface area contributed by atoms with Crippen LogP contribution in [-0.4, -0.2) is 25.8 Å². The molecule has 0 saturated carbocycles. The summed E-state index contributed by atoms with van der Waals surface area (Å²) in [6.45, 7) is 2.71. The van der Waals surface area contributed by atoms with E-state index in [4.69, 9.17) is 28.3 Å². The highest BCUT2D eigenvalue weighted by molar-refractivity contribution is 6.35. The first-order chi connectivity index (χ1) is 9.52. The first kappa shape index (κ1) is 14.6. The van der Waals surface area contributed by atoms with E-state index in [1.807, 2.05) is 6.92 Å². The van der Waals surface area contributed by atoms with Crippen LogP contribution in [0.25, 0.3) is 0 Å². The molecule has 0 aliphatic carbocycles. The van der Waals surface area contributed by atoms with Crippen LogP contribution in [-0.2, 0) is 13.1 Å². The monoisotopic (exact) mass is 314 g/mol. The second-order valence-electron chi connectivity index (χ2n) is 3.95.